The highest BCUT2D eigenvalue weighted by Crippen LogP contribution is 2.52. The summed E-state index contributed by atoms with van der Waals surface area (Å²) in [6.07, 6.45) is -1.97. The Labute approximate surface area is 243 Å². The van der Waals surface area contributed by atoms with Gasteiger partial charge in [-0.05, 0) is 74.1 Å². The molecule has 2 aliphatic carbocycles. The third-order valence-corrected chi connectivity index (χ3v) is 8.06. The minimum atomic E-state index is -4.96. The average molecular weight is 606 g/mol. The third-order valence-electron chi connectivity index (χ3n) is 8.06. The number of nitrogens with one attached hydrogen (secondary N) is 1. The predicted octanol–water partition coefficient (Wildman–Crippen LogP) is 4.71. The molecular formula is C30H28F5N3O5. The molecule has 0 spiro atoms. The average Bonchev–Trinajstić information content (AvgIpc) is 3.91. The number of amides is 1. The van der Waals surface area contributed by atoms with E-state index in [-0.39, 0.29) is 34.4 Å². The fourth-order valence-electron chi connectivity index (χ4n) is 5.16. The first-order valence-corrected chi connectivity index (χ1v) is 13.7. The van der Waals surface area contributed by atoms with E-state index in [1.165, 1.54) is 19.2 Å². The van der Waals surface area contributed by atoms with Crippen LogP contribution < -0.4 is 25.3 Å². The van der Waals surface area contributed by atoms with Crippen molar-refractivity contribution in [1.82, 2.24) is 10.3 Å². The number of aromatic nitrogens is 1. The number of pyridine rings is 1. The largest absolute Gasteiger partial charge is 0.493 e. The van der Waals surface area contributed by atoms with Crippen molar-refractivity contribution in [3.63, 3.8) is 0 Å². The van der Waals surface area contributed by atoms with E-state index in [9.17, 15) is 31.9 Å². The minimum absolute atomic E-state index is 0.0776. The topological polar surface area (TPSA) is 116 Å². The van der Waals surface area contributed by atoms with Crippen LogP contribution in [0.5, 0.6) is 17.2 Å². The highest BCUT2D eigenvalue weighted by atomic mass is 19.4. The van der Waals surface area contributed by atoms with Crippen molar-refractivity contribution in [1.29, 1.82) is 0 Å². The summed E-state index contributed by atoms with van der Waals surface area (Å²) in [5.41, 5.74) is 0.111. The Morgan fingerprint density at radius 3 is 2.47 bits per heavy atom. The lowest BCUT2D eigenvalue weighted by molar-refractivity contribution is -0.191. The van der Waals surface area contributed by atoms with E-state index in [0.29, 0.717) is 24.3 Å². The highest BCUT2D eigenvalue weighted by molar-refractivity contribution is 5.95. The normalized spacial score (nSPS) is 21.0. The van der Waals surface area contributed by atoms with Gasteiger partial charge in [0.1, 0.15) is 17.9 Å². The van der Waals surface area contributed by atoms with Gasteiger partial charge in [-0.1, -0.05) is 0 Å². The molecule has 2 unspecified atom stereocenters. The lowest BCUT2D eigenvalue weighted by atomic mass is 9.86. The van der Waals surface area contributed by atoms with Gasteiger partial charge in [0.25, 0.3) is 5.91 Å². The molecule has 3 aromatic rings. The molecule has 0 bridgehead atoms. The van der Waals surface area contributed by atoms with Crippen molar-refractivity contribution in [2.24, 2.45) is 11.7 Å². The van der Waals surface area contributed by atoms with E-state index < -0.39 is 59.5 Å². The second-order valence-corrected chi connectivity index (χ2v) is 11.2. The molecule has 43 heavy (non-hydrogen) atoms. The molecule has 2 saturated carbocycles. The van der Waals surface area contributed by atoms with Gasteiger partial charge < -0.3 is 30.4 Å². The van der Waals surface area contributed by atoms with Crippen LogP contribution in [-0.4, -0.2) is 48.5 Å². The van der Waals surface area contributed by atoms with Gasteiger partial charge in [-0.15, -0.1) is 0 Å². The second kappa shape index (κ2) is 10.3. The van der Waals surface area contributed by atoms with E-state index in [1.54, 1.807) is 6.07 Å². The van der Waals surface area contributed by atoms with E-state index >= 15 is 0 Å². The highest BCUT2D eigenvalue weighted by Gasteiger charge is 2.59. The molecule has 2 aromatic carbocycles. The maximum atomic E-state index is 14.2. The number of nitrogens with zero attached hydrogens (tertiary/aromatic N) is 1. The van der Waals surface area contributed by atoms with Gasteiger partial charge >= 0.3 is 6.18 Å². The molecule has 0 radical (unpaired) electrons. The Hall–Kier alpha value is -3.97. The molecule has 2 fully saturated rings. The Morgan fingerprint density at radius 2 is 1.84 bits per heavy atom. The molecule has 4 N–H and O–H groups in total. The van der Waals surface area contributed by atoms with Crippen molar-refractivity contribution in [3.8, 4) is 28.5 Å². The van der Waals surface area contributed by atoms with Gasteiger partial charge in [-0.3, -0.25) is 4.79 Å². The van der Waals surface area contributed by atoms with Crippen LogP contribution in [0, 0.1) is 17.6 Å². The predicted molar refractivity (Wildman–Crippen MR) is 143 cm³/mol. The number of aliphatic hydroxyl groups is 1. The number of hydrogen-bond donors (Lipinski definition) is 3. The maximum Gasteiger partial charge on any atom is 0.414 e. The lowest BCUT2D eigenvalue weighted by Gasteiger charge is -2.31. The molecule has 0 saturated heterocycles. The molecule has 2 heterocycles. The zero-order chi connectivity index (χ0) is 30.7. The standard InChI is InChI=1S/C30H28F5N3O5/c1-41-23-11-16(3-9-22(23)43-18-6-7-18)27(39)37-13-28(40,17-4-5-17)24-12-19-26(42-14-29(19,36)30(33,34)35)25(38-24)15-2-8-20(31)21(32)10-15/h2-3,8-12,17-18,40H,4-7,13-14,36H2,1H3,(H,37,39). The third kappa shape index (κ3) is 5.24. The molecule has 3 aliphatic rings. The monoisotopic (exact) mass is 605 g/mol. The van der Waals surface area contributed by atoms with Gasteiger partial charge in [0.05, 0.1) is 25.5 Å². The molecule has 1 aromatic heterocycles. The fourth-order valence-corrected chi connectivity index (χ4v) is 5.16. The zero-order valence-electron chi connectivity index (χ0n) is 22.9. The van der Waals surface area contributed by atoms with Crippen molar-refractivity contribution >= 4 is 5.91 Å². The van der Waals surface area contributed by atoms with Gasteiger partial charge in [-0.2, -0.15) is 13.2 Å². The first kappa shape index (κ1) is 29.1. The summed E-state index contributed by atoms with van der Waals surface area (Å²) in [5, 5.41) is 14.6. The van der Waals surface area contributed by atoms with E-state index in [0.717, 1.165) is 37.1 Å². The Bertz CT molecular complexity index is 1590. The van der Waals surface area contributed by atoms with Crippen LogP contribution >= 0.6 is 0 Å². The summed E-state index contributed by atoms with van der Waals surface area (Å²) in [6.45, 7) is -1.39. The Balaban J connectivity index is 1.36. The number of carbonyl (C=O) groups is 1. The number of methoxy groups -OCH3 is 1. The zero-order valence-corrected chi connectivity index (χ0v) is 22.9. The quantitative estimate of drug-likeness (QED) is 0.303. The summed E-state index contributed by atoms with van der Waals surface area (Å²) < 4.78 is 87.0. The number of alkyl halides is 3. The van der Waals surface area contributed by atoms with Crippen LogP contribution in [0.25, 0.3) is 11.3 Å². The Kier molecular flexibility index (Phi) is 7.00. The van der Waals surface area contributed by atoms with E-state index in [4.69, 9.17) is 19.9 Å². The lowest BCUT2D eigenvalue weighted by Crippen LogP contribution is -2.52. The van der Waals surface area contributed by atoms with E-state index in [1.807, 2.05) is 0 Å². The SMILES string of the molecule is COc1cc(C(=O)NCC(O)(c2cc3c(c(-c4ccc(F)c(F)c4)n2)OCC3(N)C(F)(F)F)C2CC2)ccc1OC1CC1. The number of carbonyl (C=O) groups excluding carboxylic acids is 1. The molecule has 1 amide bonds. The number of rotatable bonds is 9. The number of hydrogen-bond acceptors (Lipinski definition) is 7. The number of benzene rings is 2. The summed E-state index contributed by atoms with van der Waals surface area (Å²) in [6, 6.07) is 8.37. The Morgan fingerprint density at radius 1 is 1.09 bits per heavy atom. The summed E-state index contributed by atoms with van der Waals surface area (Å²) in [5.74, 6) is -2.97. The molecule has 13 heteroatoms. The summed E-state index contributed by atoms with van der Waals surface area (Å²) in [4.78, 5) is 17.6. The van der Waals surface area contributed by atoms with Gasteiger partial charge in [0.2, 0.25) is 0 Å². The van der Waals surface area contributed by atoms with Crippen molar-refractivity contribution in [3.05, 3.63) is 70.9 Å². The molecule has 228 valence electrons. The summed E-state index contributed by atoms with van der Waals surface area (Å²) in [7, 11) is 1.44. The van der Waals surface area contributed by atoms with Crippen LogP contribution in [0.4, 0.5) is 22.0 Å². The summed E-state index contributed by atoms with van der Waals surface area (Å²) >= 11 is 0. The molecule has 8 nitrogen and oxygen atoms in total. The van der Waals surface area contributed by atoms with Crippen LogP contribution in [0.3, 0.4) is 0 Å². The first-order chi connectivity index (χ1) is 20.3. The van der Waals surface area contributed by atoms with Crippen LogP contribution in [0.2, 0.25) is 0 Å². The van der Waals surface area contributed by atoms with Crippen molar-refractivity contribution < 1.29 is 46.1 Å². The minimum Gasteiger partial charge on any atom is -0.493 e. The number of nitrogens with two attached hydrogens (primary N) is 1. The van der Waals surface area contributed by atoms with Gasteiger partial charge in [0, 0.05) is 16.7 Å². The van der Waals surface area contributed by atoms with E-state index in [2.05, 4.69) is 10.3 Å². The molecule has 1 aliphatic heterocycles. The first-order valence-electron chi connectivity index (χ1n) is 13.7. The smallest absolute Gasteiger partial charge is 0.414 e. The second-order valence-electron chi connectivity index (χ2n) is 11.2. The van der Waals surface area contributed by atoms with Crippen LogP contribution in [-0.2, 0) is 11.1 Å². The maximum absolute atomic E-state index is 14.2. The van der Waals surface area contributed by atoms with Gasteiger partial charge in [-0.25, -0.2) is 13.8 Å². The molecule has 2 atom stereocenters. The van der Waals surface area contributed by atoms with Gasteiger partial charge in [0.15, 0.2) is 34.4 Å². The number of ether oxygens (including phenoxy) is 3. The molecule has 6 rings (SSSR count). The van der Waals surface area contributed by atoms with Crippen molar-refractivity contribution in [2.45, 2.75) is 49.1 Å². The van der Waals surface area contributed by atoms with Crippen LogP contribution in [0.1, 0.15) is 47.3 Å². The fraction of sp³-hybridized carbons (Fsp3) is 0.400. The number of fused-ring (bicyclic) bond motifs is 1. The number of halogens is 5. The van der Waals surface area contributed by atoms with Crippen LogP contribution in [0.15, 0.2) is 42.5 Å². The molecular weight excluding hydrogens is 577 g/mol. The van der Waals surface area contributed by atoms with Crippen molar-refractivity contribution in [2.75, 3.05) is 20.3 Å².